The van der Waals surface area contributed by atoms with Crippen LogP contribution >= 0.6 is 0 Å². The monoisotopic (exact) mass is 412 g/mol. The van der Waals surface area contributed by atoms with Gasteiger partial charge in [-0.25, -0.2) is 21.6 Å². The minimum atomic E-state index is -3.65. The molecule has 1 N–H and O–H groups in total. The Bertz CT molecular complexity index is 1020. The van der Waals surface area contributed by atoms with Crippen LogP contribution in [0.4, 0.5) is 0 Å². The van der Waals surface area contributed by atoms with E-state index < -0.39 is 20.0 Å². The van der Waals surface area contributed by atoms with Crippen LogP contribution in [-0.2, 0) is 27.1 Å². The summed E-state index contributed by atoms with van der Waals surface area (Å²) in [5, 5.41) is 4.19. The number of nitrogens with one attached hydrogen (secondary N) is 1. The molecule has 1 aliphatic heterocycles. The number of hydrogen-bond donors (Lipinski definition) is 1. The van der Waals surface area contributed by atoms with Gasteiger partial charge < -0.3 is 0 Å². The summed E-state index contributed by atoms with van der Waals surface area (Å²) in [6, 6.07) is 7.87. The fraction of sp³-hybridized carbons (Fsp3) is 0.471. The van der Waals surface area contributed by atoms with Crippen LogP contribution in [0.15, 0.2) is 40.1 Å². The first-order chi connectivity index (χ1) is 12.6. The number of sulfonamides is 2. The molecule has 0 unspecified atom stereocenters. The van der Waals surface area contributed by atoms with Crippen LogP contribution < -0.4 is 4.72 Å². The highest BCUT2D eigenvalue weighted by Crippen LogP contribution is 2.26. The zero-order valence-electron chi connectivity index (χ0n) is 15.6. The van der Waals surface area contributed by atoms with Crippen molar-refractivity contribution in [2.45, 2.75) is 42.5 Å². The molecule has 1 aromatic heterocycles. The van der Waals surface area contributed by atoms with E-state index in [0.717, 1.165) is 0 Å². The lowest BCUT2D eigenvalue weighted by Gasteiger charge is -2.31. The average Bonchev–Trinajstić information content (AvgIpc) is 2.88. The minimum absolute atomic E-state index is 0.210. The van der Waals surface area contributed by atoms with Crippen molar-refractivity contribution >= 4 is 20.0 Å². The van der Waals surface area contributed by atoms with E-state index >= 15 is 0 Å². The van der Waals surface area contributed by atoms with E-state index in [-0.39, 0.29) is 28.9 Å². The Morgan fingerprint density at radius 3 is 2.15 bits per heavy atom. The molecule has 27 heavy (non-hydrogen) atoms. The standard InChI is InChI=1S/C17H24N4O4S2/c1-13-17(14(2)20(3)18-13)27(24,25)21-11-9-15(10-12-21)19-26(22,23)16-7-5-4-6-8-16/h4-8,15,19H,9-12H2,1-3H3. The lowest BCUT2D eigenvalue weighted by atomic mass is 10.1. The minimum Gasteiger partial charge on any atom is -0.271 e. The van der Waals surface area contributed by atoms with Gasteiger partial charge in [0, 0.05) is 26.2 Å². The number of aryl methyl sites for hydroxylation is 2. The first-order valence-electron chi connectivity index (χ1n) is 8.70. The molecule has 0 bridgehead atoms. The van der Waals surface area contributed by atoms with E-state index in [0.29, 0.717) is 24.2 Å². The predicted molar refractivity (Wildman–Crippen MR) is 101 cm³/mol. The van der Waals surface area contributed by atoms with Crippen LogP contribution in [0, 0.1) is 13.8 Å². The van der Waals surface area contributed by atoms with Gasteiger partial charge in [0.2, 0.25) is 20.0 Å². The molecule has 2 heterocycles. The highest BCUT2D eigenvalue weighted by atomic mass is 32.2. The zero-order chi connectivity index (χ0) is 19.8. The van der Waals surface area contributed by atoms with Crippen LogP contribution in [0.25, 0.3) is 0 Å². The molecule has 0 saturated carbocycles. The molecule has 0 amide bonds. The average molecular weight is 413 g/mol. The van der Waals surface area contributed by atoms with Crippen LogP contribution in [-0.4, -0.2) is 50.1 Å². The van der Waals surface area contributed by atoms with Gasteiger partial charge in [-0.15, -0.1) is 0 Å². The molecule has 1 saturated heterocycles. The molecule has 0 spiro atoms. The largest absolute Gasteiger partial charge is 0.271 e. The molecule has 148 valence electrons. The number of nitrogens with zero attached hydrogens (tertiary/aromatic N) is 3. The molecule has 1 aromatic carbocycles. The topological polar surface area (TPSA) is 101 Å². The number of piperidine rings is 1. The van der Waals surface area contributed by atoms with Crippen molar-refractivity contribution in [3.63, 3.8) is 0 Å². The van der Waals surface area contributed by atoms with Gasteiger partial charge in [0.1, 0.15) is 4.90 Å². The Labute approximate surface area is 160 Å². The van der Waals surface area contributed by atoms with Gasteiger partial charge in [-0.2, -0.15) is 9.40 Å². The first-order valence-corrected chi connectivity index (χ1v) is 11.6. The van der Waals surface area contributed by atoms with Gasteiger partial charge in [0.05, 0.1) is 16.3 Å². The molecular weight excluding hydrogens is 388 g/mol. The van der Waals surface area contributed by atoms with Gasteiger partial charge >= 0.3 is 0 Å². The Morgan fingerprint density at radius 1 is 1.04 bits per heavy atom. The van der Waals surface area contributed by atoms with Crippen molar-refractivity contribution in [3.8, 4) is 0 Å². The van der Waals surface area contributed by atoms with Crippen molar-refractivity contribution in [2.24, 2.45) is 7.05 Å². The van der Waals surface area contributed by atoms with E-state index in [4.69, 9.17) is 0 Å². The van der Waals surface area contributed by atoms with Gasteiger partial charge in [-0.3, -0.25) is 4.68 Å². The molecule has 0 aliphatic carbocycles. The zero-order valence-corrected chi connectivity index (χ0v) is 17.2. The van der Waals surface area contributed by atoms with Crippen LogP contribution in [0.3, 0.4) is 0 Å². The molecule has 10 heteroatoms. The van der Waals surface area contributed by atoms with Crippen LogP contribution in [0.5, 0.6) is 0 Å². The second-order valence-electron chi connectivity index (χ2n) is 6.74. The van der Waals surface area contributed by atoms with Crippen molar-refractivity contribution in [3.05, 3.63) is 41.7 Å². The molecule has 0 radical (unpaired) electrons. The van der Waals surface area contributed by atoms with E-state index in [1.165, 1.54) is 16.4 Å². The van der Waals surface area contributed by atoms with Gasteiger partial charge in [0.25, 0.3) is 0 Å². The molecule has 8 nitrogen and oxygen atoms in total. The normalized spacial score (nSPS) is 17.3. The number of rotatable bonds is 5. The van der Waals surface area contributed by atoms with E-state index in [1.807, 2.05) is 0 Å². The third-order valence-corrected chi connectivity index (χ3v) is 8.56. The summed E-state index contributed by atoms with van der Waals surface area (Å²) >= 11 is 0. The second kappa shape index (κ2) is 7.34. The van der Waals surface area contributed by atoms with Crippen molar-refractivity contribution < 1.29 is 16.8 Å². The fourth-order valence-electron chi connectivity index (χ4n) is 3.36. The van der Waals surface area contributed by atoms with E-state index in [2.05, 4.69) is 9.82 Å². The third-order valence-electron chi connectivity index (χ3n) is 4.87. The molecular formula is C17H24N4O4S2. The smallest absolute Gasteiger partial charge is 0.246 e. The number of aromatic nitrogens is 2. The van der Waals surface area contributed by atoms with E-state index in [1.54, 1.807) is 43.8 Å². The summed E-state index contributed by atoms with van der Waals surface area (Å²) in [6.45, 7) is 3.93. The lowest BCUT2D eigenvalue weighted by Crippen LogP contribution is -2.46. The third kappa shape index (κ3) is 3.93. The summed E-state index contributed by atoms with van der Waals surface area (Å²) in [6.07, 6.45) is 0.841. The van der Waals surface area contributed by atoms with Crippen LogP contribution in [0.2, 0.25) is 0 Å². The molecule has 3 rings (SSSR count). The summed E-state index contributed by atoms with van der Waals surface area (Å²) in [7, 11) is -5.54. The Balaban J connectivity index is 1.70. The van der Waals surface area contributed by atoms with Crippen molar-refractivity contribution in [2.75, 3.05) is 13.1 Å². The maximum Gasteiger partial charge on any atom is 0.246 e. The van der Waals surface area contributed by atoms with Crippen LogP contribution in [0.1, 0.15) is 24.2 Å². The molecule has 2 aromatic rings. The number of hydrogen-bond acceptors (Lipinski definition) is 5. The molecule has 1 aliphatic rings. The summed E-state index contributed by atoms with van der Waals surface area (Å²) in [5.74, 6) is 0. The fourth-order valence-corrected chi connectivity index (χ4v) is 6.55. The van der Waals surface area contributed by atoms with Crippen molar-refractivity contribution in [1.82, 2.24) is 18.8 Å². The van der Waals surface area contributed by atoms with E-state index in [9.17, 15) is 16.8 Å². The Hall–Kier alpha value is -1.75. The Kier molecular flexibility index (Phi) is 5.44. The predicted octanol–water partition coefficient (Wildman–Crippen LogP) is 1.17. The Morgan fingerprint density at radius 2 is 1.63 bits per heavy atom. The van der Waals surface area contributed by atoms with Gasteiger partial charge in [-0.05, 0) is 38.8 Å². The van der Waals surface area contributed by atoms with Crippen molar-refractivity contribution in [1.29, 1.82) is 0 Å². The highest BCUT2D eigenvalue weighted by Gasteiger charge is 2.34. The highest BCUT2D eigenvalue weighted by molar-refractivity contribution is 7.89. The second-order valence-corrected chi connectivity index (χ2v) is 10.3. The molecule has 0 atom stereocenters. The molecule has 1 fully saturated rings. The maximum atomic E-state index is 13.0. The maximum absolute atomic E-state index is 13.0. The summed E-state index contributed by atoms with van der Waals surface area (Å²) in [5.41, 5.74) is 1.07. The quantitative estimate of drug-likeness (QED) is 0.794. The number of benzene rings is 1. The van der Waals surface area contributed by atoms with Gasteiger partial charge in [0.15, 0.2) is 0 Å². The SMILES string of the molecule is Cc1nn(C)c(C)c1S(=O)(=O)N1CCC(NS(=O)(=O)c2ccccc2)CC1. The van der Waals surface area contributed by atoms with Gasteiger partial charge in [-0.1, -0.05) is 18.2 Å². The first kappa shape index (κ1) is 20.0. The summed E-state index contributed by atoms with van der Waals surface area (Å²) in [4.78, 5) is 0.454. The lowest BCUT2D eigenvalue weighted by molar-refractivity contribution is 0.308. The summed E-state index contributed by atoms with van der Waals surface area (Å²) < 4.78 is 56.5.